The molecule has 3 rings (SSSR count). The Morgan fingerprint density at radius 3 is 2.70 bits per heavy atom. The van der Waals surface area contributed by atoms with Crippen LogP contribution in [0.1, 0.15) is 25.3 Å². The van der Waals surface area contributed by atoms with Crippen molar-refractivity contribution in [2.75, 3.05) is 25.0 Å². The van der Waals surface area contributed by atoms with E-state index in [1.54, 1.807) is 12.1 Å². The number of rotatable bonds is 6. The van der Waals surface area contributed by atoms with Crippen LogP contribution in [0.15, 0.2) is 42.5 Å². The number of nitrogens with zero attached hydrogens (tertiary/aromatic N) is 1. The zero-order valence-corrected chi connectivity index (χ0v) is 16.1. The van der Waals surface area contributed by atoms with Crippen molar-refractivity contribution in [2.24, 2.45) is 5.92 Å². The highest BCUT2D eigenvalue weighted by atomic mass is 35.5. The Hall–Kier alpha value is -2.11. The minimum absolute atomic E-state index is 0.0206. The molecule has 144 valence electrons. The molecule has 0 bridgehead atoms. The summed E-state index contributed by atoms with van der Waals surface area (Å²) < 4.78 is 19.4. The van der Waals surface area contributed by atoms with Crippen LogP contribution in [-0.4, -0.2) is 30.5 Å². The van der Waals surface area contributed by atoms with E-state index in [4.69, 9.17) is 16.3 Å². The summed E-state index contributed by atoms with van der Waals surface area (Å²) in [6.45, 7) is 4.45. The Bertz CT molecular complexity index is 771. The molecule has 2 aromatic carbocycles. The molecule has 1 aliphatic rings. The molecule has 0 aromatic heterocycles. The third-order valence-corrected chi connectivity index (χ3v) is 5.17. The average molecular weight is 391 g/mol. The molecule has 6 heteroatoms. The predicted octanol–water partition coefficient (Wildman–Crippen LogP) is 4.73. The van der Waals surface area contributed by atoms with Crippen LogP contribution in [0.25, 0.3) is 0 Å². The minimum Gasteiger partial charge on any atom is -0.494 e. The summed E-state index contributed by atoms with van der Waals surface area (Å²) in [7, 11) is 0. The Morgan fingerprint density at radius 1 is 1.26 bits per heavy atom. The lowest BCUT2D eigenvalue weighted by Gasteiger charge is -2.31. The number of halogens is 2. The molecular weight excluding hydrogens is 367 g/mol. The Labute approximate surface area is 164 Å². The number of ether oxygens (including phenoxy) is 1. The second-order valence-corrected chi connectivity index (χ2v) is 7.11. The second kappa shape index (κ2) is 9.20. The van der Waals surface area contributed by atoms with Crippen molar-refractivity contribution in [3.05, 3.63) is 58.9 Å². The van der Waals surface area contributed by atoms with Gasteiger partial charge in [-0.05, 0) is 57.1 Å². The number of amides is 1. The first-order valence-corrected chi connectivity index (χ1v) is 9.63. The number of hydrogen-bond donors (Lipinski definition) is 1. The van der Waals surface area contributed by atoms with Crippen molar-refractivity contribution in [2.45, 2.75) is 26.3 Å². The normalized spacial score (nSPS) is 15.5. The molecule has 1 N–H and O–H groups in total. The topological polar surface area (TPSA) is 41.6 Å². The van der Waals surface area contributed by atoms with E-state index in [1.165, 1.54) is 6.07 Å². The summed E-state index contributed by atoms with van der Waals surface area (Å²) in [6, 6.07) is 12.2. The van der Waals surface area contributed by atoms with Gasteiger partial charge in [0.05, 0.1) is 6.61 Å². The molecule has 27 heavy (non-hydrogen) atoms. The maximum atomic E-state index is 14.0. The highest BCUT2D eigenvalue weighted by molar-refractivity contribution is 6.31. The van der Waals surface area contributed by atoms with E-state index < -0.39 is 0 Å². The molecule has 0 spiro atoms. The van der Waals surface area contributed by atoms with E-state index >= 15 is 0 Å². The minimum atomic E-state index is -0.281. The first kappa shape index (κ1) is 19.6. The highest BCUT2D eigenvalue weighted by Gasteiger charge is 2.26. The molecule has 1 fully saturated rings. The number of piperidine rings is 1. The maximum absolute atomic E-state index is 14.0. The first-order valence-electron chi connectivity index (χ1n) is 9.25. The van der Waals surface area contributed by atoms with Crippen LogP contribution in [0.5, 0.6) is 5.75 Å². The van der Waals surface area contributed by atoms with Gasteiger partial charge in [-0.2, -0.15) is 0 Å². The first-order chi connectivity index (χ1) is 13.1. The van der Waals surface area contributed by atoms with E-state index in [9.17, 15) is 9.18 Å². The smallest absolute Gasteiger partial charge is 0.227 e. The molecule has 0 aliphatic carbocycles. The zero-order chi connectivity index (χ0) is 19.2. The second-order valence-electron chi connectivity index (χ2n) is 6.70. The standard InChI is InChI=1S/C21H24ClFN2O2/c1-2-27-17-6-3-5-16(13-17)24-21(26)15-9-11-25(12-10-15)14-18-19(22)7-4-8-20(18)23/h3-8,13,15H,2,9-12,14H2,1H3,(H,24,26). The molecule has 2 aromatic rings. The van der Waals surface area contributed by atoms with Crippen molar-refractivity contribution >= 4 is 23.2 Å². The zero-order valence-electron chi connectivity index (χ0n) is 15.4. The Morgan fingerprint density at radius 2 is 2.00 bits per heavy atom. The summed E-state index contributed by atoms with van der Waals surface area (Å²) in [6.07, 6.45) is 1.48. The average Bonchev–Trinajstić information content (AvgIpc) is 2.66. The molecular formula is C21H24ClFN2O2. The fourth-order valence-corrected chi connectivity index (χ4v) is 3.56. The molecule has 4 nitrogen and oxygen atoms in total. The molecule has 0 saturated carbocycles. The van der Waals surface area contributed by atoms with Gasteiger partial charge in [-0.25, -0.2) is 4.39 Å². The van der Waals surface area contributed by atoms with Gasteiger partial charge < -0.3 is 10.1 Å². The van der Waals surface area contributed by atoms with Crippen LogP contribution in [0, 0.1) is 11.7 Å². The van der Waals surface area contributed by atoms with Crippen LogP contribution in [0.2, 0.25) is 5.02 Å². The Balaban J connectivity index is 1.53. The van der Waals surface area contributed by atoms with Gasteiger partial charge in [0.2, 0.25) is 5.91 Å². The van der Waals surface area contributed by atoms with Crippen molar-refractivity contribution in [1.29, 1.82) is 0 Å². The van der Waals surface area contributed by atoms with Crippen LogP contribution in [0.3, 0.4) is 0 Å². The van der Waals surface area contributed by atoms with E-state index in [-0.39, 0.29) is 17.6 Å². The fraction of sp³-hybridized carbons (Fsp3) is 0.381. The number of nitrogens with one attached hydrogen (secondary N) is 1. The van der Waals surface area contributed by atoms with E-state index in [0.717, 1.165) is 37.4 Å². The number of anilines is 1. The van der Waals surface area contributed by atoms with Crippen molar-refractivity contribution in [3.63, 3.8) is 0 Å². The van der Waals surface area contributed by atoms with E-state index in [2.05, 4.69) is 10.2 Å². The van der Waals surface area contributed by atoms with Gasteiger partial charge in [0.1, 0.15) is 11.6 Å². The molecule has 0 unspecified atom stereocenters. The monoisotopic (exact) mass is 390 g/mol. The number of benzene rings is 2. The predicted molar refractivity (Wildman–Crippen MR) is 106 cm³/mol. The summed E-state index contributed by atoms with van der Waals surface area (Å²) in [5, 5.41) is 3.42. The maximum Gasteiger partial charge on any atom is 0.227 e. The summed E-state index contributed by atoms with van der Waals surface area (Å²) in [4.78, 5) is 14.7. The lowest BCUT2D eigenvalue weighted by atomic mass is 9.95. The fourth-order valence-electron chi connectivity index (χ4n) is 3.33. The SMILES string of the molecule is CCOc1cccc(NC(=O)C2CCN(Cc3c(F)cccc3Cl)CC2)c1. The van der Waals surface area contributed by atoms with E-state index in [1.807, 2.05) is 31.2 Å². The Kier molecular flexibility index (Phi) is 6.69. The third-order valence-electron chi connectivity index (χ3n) is 4.81. The lowest BCUT2D eigenvalue weighted by molar-refractivity contribution is -0.121. The quantitative estimate of drug-likeness (QED) is 0.775. The molecule has 1 aliphatic heterocycles. The van der Waals surface area contributed by atoms with Crippen molar-refractivity contribution in [1.82, 2.24) is 4.90 Å². The van der Waals surface area contributed by atoms with Gasteiger partial charge in [0.25, 0.3) is 0 Å². The molecule has 1 heterocycles. The summed E-state index contributed by atoms with van der Waals surface area (Å²) >= 11 is 6.11. The largest absolute Gasteiger partial charge is 0.494 e. The van der Waals surface area contributed by atoms with Crippen LogP contribution >= 0.6 is 11.6 Å². The highest BCUT2D eigenvalue weighted by Crippen LogP contribution is 2.25. The van der Waals surface area contributed by atoms with Crippen LogP contribution < -0.4 is 10.1 Å². The molecule has 0 atom stereocenters. The number of carbonyl (C=O) groups is 1. The van der Waals surface area contributed by atoms with Crippen LogP contribution in [0.4, 0.5) is 10.1 Å². The number of likely N-dealkylation sites (tertiary alicyclic amines) is 1. The van der Waals surface area contributed by atoms with E-state index in [0.29, 0.717) is 23.7 Å². The van der Waals surface area contributed by atoms with Crippen molar-refractivity contribution in [3.8, 4) is 5.75 Å². The van der Waals surface area contributed by atoms with Gasteiger partial charge in [-0.15, -0.1) is 0 Å². The lowest BCUT2D eigenvalue weighted by Crippen LogP contribution is -2.38. The third kappa shape index (κ3) is 5.21. The van der Waals surface area contributed by atoms with Crippen molar-refractivity contribution < 1.29 is 13.9 Å². The van der Waals surface area contributed by atoms with Gasteiger partial charge in [-0.1, -0.05) is 23.7 Å². The number of carbonyl (C=O) groups excluding carboxylic acids is 1. The molecule has 1 amide bonds. The van der Waals surface area contributed by atoms with Gasteiger partial charge in [0.15, 0.2) is 0 Å². The number of hydrogen-bond acceptors (Lipinski definition) is 3. The molecule has 1 saturated heterocycles. The van der Waals surface area contributed by atoms with Gasteiger partial charge in [-0.3, -0.25) is 9.69 Å². The summed E-state index contributed by atoms with van der Waals surface area (Å²) in [5.41, 5.74) is 1.27. The van der Waals surface area contributed by atoms with Crippen LogP contribution in [-0.2, 0) is 11.3 Å². The summed E-state index contributed by atoms with van der Waals surface area (Å²) in [5.74, 6) is 0.434. The van der Waals surface area contributed by atoms with Gasteiger partial charge >= 0.3 is 0 Å². The van der Waals surface area contributed by atoms with Gasteiger partial charge in [0, 0.05) is 34.8 Å². The molecule has 0 radical (unpaired) electrons.